The Labute approximate surface area is 138 Å². The van der Waals surface area contributed by atoms with E-state index in [0.29, 0.717) is 0 Å². The molecular weight excluding hydrogens is 294 g/mol. The molecule has 0 amide bonds. The summed E-state index contributed by atoms with van der Waals surface area (Å²) in [5.41, 5.74) is 2.95. The van der Waals surface area contributed by atoms with Gasteiger partial charge in [0.2, 0.25) is 0 Å². The highest BCUT2D eigenvalue weighted by molar-refractivity contribution is 6.05. The lowest BCUT2D eigenvalue weighted by molar-refractivity contribution is 0.0843. The molecule has 116 valence electrons. The van der Waals surface area contributed by atoms with Crippen molar-refractivity contribution in [1.82, 2.24) is 5.32 Å². The molecule has 0 radical (unpaired) electrons. The van der Waals surface area contributed by atoms with Crippen LogP contribution in [0.25, 0.3) is 0 Å². The quantitative estimate of drug-likeness (QED) is 0.929. The van der Waals surface area contributed by atoms with Gasteiger partial charge in [0.05, 0.1) is 5.54 Å². The summed E-state index contributed by atoms with van der Waals surface area (Å²) in [7, 11) is 0. The van der Waals surface area contributed by atoms with Gasteiger partial charge in [-0.25, -0.2) is 0 Å². The van der Waals surface area contributed by atoms with Gasteiger partial charge in [-0.1, -0.05) is 54.6 Å². The highest BCUT2D eigenvalue weighted by Gasteiger charge is 2.37. The second-order valence-electron chi connectivity index (χ2n) is 5.98. The van der Waals surface area contributed by atoms with Gasteiger partial charge in [0.25, 0.3) is 0 Å². The molecule has 2 aromatic carbocycles. The first-order valence-corrected chi connectivity index (χ1v) is 7.61. The number of carbonyl (C=O) groups is 1. The Hall–Kier alpha value is -1.64. The van der Waals surface area contributed by atoms with Crippen molar-refractivity contribution in [2.24, 2.45) is 0 Å². The Morgan fingerprint density at radius 1 is 1.05 bits per heavy atom. The van der Waals surface area contributed by atoms with Crippen LogP contribution in [0.4, 0.5) is 0 Å². The fourth-order valence-corrected chi connectivity index (χ4v) is 3.05. The Kier molecular flexibility index (Phi) is 5.38. The van der Waals surface area contributed by atoms with Crippen molar-refractivity contribution >= 4 is 18.2 Å². The molecule has 0 saturated carbocycles. The average Bonchev–Trinajstić information content (AvgIpc) is 2.53. The predicted molar refractivity (Wildman–Crippen MR) is 92.9 cm³/mol. The second-order valence-corrected chi connectivity index (χ2v) is 5.98. The molecule has 0 aromatic heterocycles. The summed E-state index contributed by atoms with van der Waals surface area (Å²) in [6.07, 6.45) is 2.79. The molecule has 2 nitrogen and oxygen atoms in total. The van der Waals surface area contributed by atoms with Crippen molar-refractivity contribution in [3.8, 4) is 0 Å². The first-order valence-electron chi connectivity index (χ1n) is 7.61. The van der Waals surface area contributed by atoms with Gasteiger partial charge >= 0.3 is 0 Å². The Balaban J connectivity index is 0.00000176. The lowest BCUT2D eigenvalue weighted by Gasteiger charge is -2.34. The van der Waals surface area contributed by atoms with Gasteiger partial charge in [0, 0.05) is 12.1 Å². The Morgan fingerprint density at radius 3 is 2.50 bits per heavy atom. The number of nitrogens with one attached hydrogen (secondary N) is 1. The molecular formula is C19H22ClNO. The van der Waals surface area contributed by atoms with Crippen LogP contribution in [0.15, 0.2) is 54.6 Å². The minimum atomic E-state index is -0.427. The van der Waals surface area contributed by atoms with Crippen molar-refractivity contribution in [2.45, 2.75) is 31.7 Å². The van der Waals surface area contributed by atoms with Crippen molar-refractivity contribution in [2.75, 3.05) is 6.54 Å². The molecule has 0 heterocycles. The van der Waals surface area contributed by atoms with Crippen LogP contribution in [-0.4, -0.2) is 17.9 Å². The summed E-state index contributed by atoms with van der Waals surface area (Å²) in [5, 5.41) is 3.49. The molecule has 22 heavy (non-hydrogen) atoms. The van der Waals surface area contributed by atoms with Crippen molar-refractivity contribution in [1.29, 1.82) is 0 Å². The minimum absolute atomic E-state index is 0. The van der Waals surface area contributed by atoms with Crippen LogP contribution in [0.1, 0.15) is 34.8 Å². The van der Waals surface area contributed by atoms with Gasteiger partial charge in [-0.2, -0.15) is 0 Å². The zero-order chi connectivity index (χ0) is 14.7. The first-order chi connectivity index (χ1) is 10.2. The van der Waals surface area contributed by atoms with E-state index in [2.05, 4.69) is 35.6 Å². The predicted octanol–water partition coefficient (Wildman–Crippen LogP) is 3.83. The van der Waals surface area contributed by atoms with Crippen LogP contribution >= 0.6 is 12.4 Å². The molecule has 2 aromatic rings. The van der Waals surface area contributed by atoms with Gasteiger partial charge in [-0.15, -0.1) is 12.4 Å². The molecule has 1 unspecified atom stereocenters. The monoisotopic (exact) mass is 315 g/mol. The van der Waals surface area contributed by atoms with E-state index in [1.165, 1.54) is 11.1 Å². The molecule has 1 N–H and O–H groups in total. The standard InChI is InChI=1S/C19H21NO.ClH/c1-19(20-14-12-15-7-3-2-4-8-15)13-11-16-9-5-6-10-17(16)18(19)21;/h2-10,20H,11-14H2,1H3;1H. The average molecular weight is 316 g/mol. The number of hydrogen-bond acceptors (Lipinski definition) is 2. The summed E-state index contributed by atoms with van der Waals surface area (Å²) < 4.78 is 0. The Bertz CT molecular complexity index is 641. The number of rotatable bonds is 4. The van der Waals surface area contributed by atoms with E-state index >= 15 is 0 Å². The number of halogens is 1. The third kappa shape index (κ3) is 3.40. The molecule has 0 fully saturated rings. The van der Waals surface area contributed by atoms with Crippen LogP contribution in [0.2, 0.25) is 0 Å². The van der Waals surface area contributed by atoms with E-state index in [9.17, 15) is 4.79 Å². The summed E-state index contributed by atoms with van der Waals surface area (Å²) in [6, 6.07) is 18.4. The van der Waals surface area contributed by atoms with Crippen LogP contribution in [-0.2, 0) is 12.8 Å². The molecule has 1 atom stereocenters. The van der Waals surface area contributed by atoms with Gasteiger partial charge in [0.15, 0.2) is 5.78 Å². The summed E-state index contributed by atoms with van der Waals surface area (Å²) in [4.78, 5) is 12.7. The molecule has 0 aliphatic heterocycles. The zero-order valence-electron chi connectivity index (χ0n) is 12.8. The van der Waals surface area contributed by atoms with Gasteiger partial charge in [0.1, 0.15) is 0 Å². The number of carbonyl (C=O) groups excluding carboxylic acids is 1. The van der Waals surface area contributed by atoms with Gasteiger partial charge in [-0.3, -0.25) is 4.79 Å². The highest BCUT2D eigenvalue weighted by atomic mass is 35.5. The number of hydrogen-bond donors (Lipinski definition) is 1. The maximum absolute atomic E-state index is 12.7. The molecule has 0 saturated heterocycles. The number of fused-ring (bicyclic) bond motifs is 1. The molecule has 0 spiro atoms. The van der Waals surface area contributed by atoms with Crippen LogP contribution in [0, 0.1) is 0 Å². The van der Waals surface area contributed by atoms with Crippen molar-refractivity contribution in [3.05, 3.63) is 71.3 Å². The lowest BCUT2D eigenvalue weighted by Crippen LogP contribution is -2.52. The maximum atomic E-state index is 12.7. The Morgan fingerprint density at radius 2 is 1.73 bits per heavy atom. The largest absolute Gasteiger partial charge is 0.305 e. The molecule has 3 rings (SSSR count). The van der Waals surface area contributed by atoms with E-state index in [-0.39, 0.29) is 18.2 Å². The van der Waals surface area contributed by atoms with E-state index in [0.717, 1.165) is 31.4 Å². The van der Waals surface area contributed by atoms with E-state index in [1.807, 2.05) is 31.2 Å². The summed E-state index contributed by atoms with van der Waals surface area (Å²) >= 11 is 0. The molecule has 3 heteroatoms. The smallest absolute Gasteiger partial charge is 0.182 e. The molecule has 1 aliphatic rings. The van der Waals surface area contributed by atoms with Crippen LogP contribution in [0.5, 0.6) is 0 Å². The number of Topliss-reactive ketones (excluding diaryl/α,β-unsaturated/α-hetero) is 1. The number of aryl methyl sites for hydroxylation is 1. The van der Waals surface area contributed by atoms with E-state index in [1.54, 1.807) is 0 Å². The third-order valence-electron chi connectivity index (χ3n) is 4.43. The van der Waals surface area contributed by atoms with Crippen LogP contribution < -0.4 is 5.32 Å². The van der Waals surface area contributed by atoms with Gasteiger partial charge in [-0.05, 0) is 37.3 Å². The molecule has 1 aliphatic carbocycles. The number of benzene rings is 2. The first kappa shape index (κ1) is 16.7. The van der Waals surface area contributed by atoms with Crippen molar-refractivity contribution in [3.63, 3.8) is 0 Å². The minimum Gasteiger partial charge on any atom is -0.305 e. The second kappa shape index (κ2) is 7.08. The third-order valence-corrected chi connectivity index (χ3v) is 4.43. The highest BCUT2D eigenvalue weighted by Crippen LogP contribution is 2.28. The fourth-order valence-electron chi connectivity index (χ4n) is 3.05. The van der Waals surface area contributed by atoms with E-state index in [4.69, 9.17) is 0 Å². The fraction of sp³-hybridized carbons (Fsp3) is 0.316. The summed E-state index contributed by atoms with van der Waals surface area (Å²) in [5.74, 6) is 0.234. The maximum Gasteiger partial charge on any atom is 0.182 e. The SMILES string of the molecule is CC1(NCCc2ccccc2)CCc2ccccc2C1=O.Cl. The zero-order valence-corrected chi connectivity index (χ0v) is 13.7. The normalized spacial score (nSPS) is 20.1. The topological polar surface area (TPSA) is 29.1 Å². The van der Waals surface area contributed by atoms with E-state index < -0.39 is 5.54 Å². The lowest BCUT2D eigenvalue weighted by atomic mass is 9.78. The van der Waals surface area contributed by atoms with Crippen molar-refractivity contribution < 1.29 is 4.79 Å². The molecule has 0 bridgehead atoms. The van der Waals surface area contributed by atoms with Crippen LogP contribution in [0.3, 0.4) is 0 Å². The summed E-state index contributed by atoms with van der Waals surface area (Å²) in [6.45, 7) is 2.87. The number of ketones is 1. The van der Waals surface area contributed by atoms with Gasteiger partial charge < -0.3 is 5.32 Å².